The van der Waals surface area contributed by atoms with Crippen LogP contribution in [0.5, 0.6) is 5.75 Å². The van der Waals surface area contributed by atoms with Crippen LogP contribution in [0, 0.1) is 13.8 Å². The Morgan fingerprint density at radius 1 is 1.33 bits per heavy atom. The molecule has 130 valence electrons. The minimum atomic E-state index is -2.92. The van der Waals surface area contributed by atoms with Crippen molar-refractivity contribution in [1.29, 1.82) is 0 Å². The number of aryl methyl sites for hydroxylation is 2. The minimum absolute atomic E-state index is 0.0221. The third kappa shape index (κ3) is 5.04. The van der Waals surface area contributed by atoms with E-state index in [9.17, 15) is 13.6 Å². The smallest absolute Gasteiger partial charge is 0.387 e. The standard InChI is InChI=1S/C17H21F2N3O2/c1-11-8-13(3)22(21-11)10-12(2)20-16(23)9-14-6-4-5-7-15(14)24-17(18)19/h4-8,12,17H,9-10H2,1-3H3,(H,20,23)/t12-/m0/s1. The number of ether oxygens (including phenoxy) is 1. The van der Waals surface area contributed by atoms with Gasteiger partial charge in [-0.2, -0.15) is 13.9 Å². The lowest BCUT2D eigenvalue weighted by Gasteiger charge is -2.16. The van der Waals surface area contributed by atoms with Crippen molar-refractivity contribution < 1.29 is 18.3 Å². The Morgan fingerprint density at radius 3 is 2.67 bits per heavy atom. The highest BCUT2D eigenvalue weighted by Crippen LogP contribution is 2.20. The first-order valence-corrected chi connectivity index (χ1v) is 7.68. The van der Waals surface area contributed by atoms with E-state index in [0.717, 1.165) is 11.4 Å². The van der Waals surface area contributed by atoms with E-state index in [1.807, 2.05) is 31.5 Å². The molecule has 0 aliphatic carbocycles. The first kappa shape index (κ1) is 17.9. The molecule has 5 nitrogen and oxygen atoms in total. The number of hydrogen-bond acceptors (Lipinski definition) is 3. The molecule has 2 rings (SSSR count). The van der Waals surface area contributed by atoms with Crippen molar-refractivity contribution >= 4 is 5.91 Å². The lowest BCUT2D eigenvalue weighted by atomic mass is 10.1. The van der Waals surface area contributed by atoms with Gasteiger partial charge in [0.1, 0.15) is 5.75 Å². The number of halogens is 2. The molecule has 0 saturated carbocycles. The van der Waals surface area contributed by atoms with Gasteiger partial charge in [0.25, 0.3) is 0 Å². The van der Waals surface area contributed by atoms with Gasteiger partial charge in [-0.05, 0) is 32.9 Å². The monoisotopic (exact) mass is 337 g/mol. The molecule has 1 N–H and O–H groups in total. The molecule has 1 aromatic heterocycles. The maximum absolute atomic E-state index is 12.4. The summed E-state index contributed by atoms with van der Waals surface area (Å²) in [4.78, 5) is 12.2. The number of rotatable bonds is 7. The van der Waals surface area contributed by atoms with Crippen LogP contribution in [0.1, 0.15) is 23.9 Å². The molecular formula is C17H21F2N3O2. The molecule has 0 saturated heterocycles. The van der Waals surface area contributed by atoms with Crippen molar-refractivity contribution in [2.24, 2.45) is 0 Å². The Labute approximate surface area is 139 Å². The van der Waals surface area contributed by atoms with Crippen LogP contribution < -0.4 is 10.1 Å². The van der Waals surface area contributed by atoms with Gasteiger partial charge in [-0.3, -0.25) is 9.48 Å². The van der Waals surface area contributed by atoms with Crippen LogP contribution in [0.15, 0.2) is 30.3 Å². The van der Waals surface area contributed by atoms with Crippen molar-refractivity contribution in [2.75, 3.05) is 0 Å². The summed E-state index contributed by atoms with van der Waals surface area (Å²) in [5, 5.41) is 7.20. The van der Waals surface area contributed by atoms with Gasteiger partial charge in [0, 0.05) is 17.3 Å². The topological polar surface area (TPSA) is 56.2 Å². The van der Waals surface area contributed by atoms with E-state index in [4.69, 9.17) is 0 Å². The van der Waals surface area contributed by atoms with Gasteiger partial charge in [-0.25, -0.2) is 0 Å². The Balaban J connectivity index is 1.94. The van der Waals surface area contributed by atoms with E-state index in [2.05, 4.69) is 15.2 Å². The first-order valence-electron chi connectivity index (χ1n) is 7.68. The number of nitrogens with zero attached hydrogens (tertiary/aromatic N) is 2. The third-order valence-corrected chi connectivity index (χ3v) is 3.50. The average molecular weight is 337 g/mol. The zero-order chi connectivity index (χ0) is 17.7. The number of alkyl halides is 2. The Bertz CT molecular complexity index is 701. The molecule has 1 heterocycles. The molecule has 0 radical (unpaired) electrons. The Hall–Kier alpha value is -2.44. The SMILES string of the molecule is Cc1cc(C)n(C[C@H](C)NC(=O)Cc2ccccc2OC(F)F)n1. The van der Waals surface area contributed by atoms with Crippen molar-refractivity contribution in [1.82, 2.24) is 15.1 Å². The van der Waals surface area contributed by atoms with Crippen molar-refractivity contribution in [3.8, 4) is 5.75 Å². The Kier molecular flexibility index (Phi) is 5.89. The molecule has 1 amide bonds. The summed E-state index contributed by atoms with van der Waals surface area (Å²) < 4.78 is 31.1. The van der Waals surface area contributed by atoms with Crippen LogP contribution in [0.25, 0.3) is 0 Å². The van der Waals surface area contributed by atoms with Gasteiger partial charge in [-0.1, -0.05) is 18.2 Å². The summed E-state index contributed by atoms with van der Waals surface area (Å²) in [5.74, 6) is -0.233. The molecule has 1 atom stereocenters. The van der Waals surface area contributed by atoms with Gasteiger partial charge < -0.3 is 10.1 Å². The molecule has 0 unspecified atom stereocenters. The number of nitrogens with one attached hydrogen (secondary N) is 1. The van der Waals surface area contributed by atoms with Gasteiger partial charge in [-0.15, -0.1) is 0 Å². The first-order chi connectivity index (χ1) is 11.3. The van der Waals surface area contributed by atoms with Crippen LogP contribution in [0.2, 0.25) is 0 Å². The van der Waals surface area contributed by atoms with Crippen LogP contribution in [0.4, 0.5) is 8.78 Å². The number of carbonyl (C=O) groups is 1. The molecule has 0 fully saturated rings. The average Bonchev–Trinajstić information content (AvgIpc) is 2.78. The molecule has 1 aromatic carbocycles. The van der Waals surface area contributed by atoms with Gasteiger partial charge in [0.05, 0.1) is 18.7 Å². The summed E-state index contributed by atoms with van der Waals surface area (Å²) in [7, 11) is 0. The second kappa shape index (κ2) is 7.90. The maximum Gasteiger partial charge on any atom is 0.387 e. The van der Waals surface area contributed by atoms with E-state index < -0.39 is 6.61 Å². The van der Waals surface area contributed by atoms with Crippen molar-refractivity contribution in [3.63, 3.8) is 0 Å². The Morgan fingerprint density at radius 2 is 2.04 bits per heavy atom. The quantitative estimate of drug-likeness (QED) is 0.845. The fourth-order valence-electron chi connectivity index (χ4n) is 2.52. The highest BCUT2D eigenvalue weighted by Gasteiger charge is 2.14. The number of aromatic nitrogens is 2. The number of benzene rings is 1. The van der Waals surface area contributed by atoms with E-state index in [1.54, 1.807) is 18.2 Å². The normalized spacial score (nSPS) is 12.2. The van der Waals surface area contributed by atoms with Gasteiger partial charge in [0.15, 0.2) is 0 Å². The van der Waals surface area contributed by atoms with Gasteiger partial charge >= 0.3 is 6.61 Å². The second-order valence-corrected chi connectivity index (χ2v) is 5.74. The summed E-state index contributed by atoms with van der Waals surface area (Å²) in [6.45, 7) is 3.36. The molecule has 0 aliphatic heterocycles. The van der Waals surface area contributed by atoms with E-state index >= 15 is 0 Å². The largest absolute Gasteiger partial charge is 0.435 e. The number of hydrogen-bond donors (Lipinski definition) is 1. The van der Waals surface area contributed by atoms with Crippen molar-refractivity contribution in [3.05, 3.63) is 47.3 Å². The minimum Gasteiger partial charge on any atom is -0.435 e. The zero-order valence-corrected chi connectivity index (χ0v) is 13.9. The van der Waals surface area contributed by atoms with Crippen LogP contribution in [0.3, 0.4) is 0 Å². The highest BCUT2D eigenvalue weighted by atomic mass is 19.3. The molecule has 0 spiro atoms. The molecular weight excluding hydrogens is 316 g/mol. The van der Waals surface area contributed by atoms with E-state index in [-0.39, 0.29) is 24.1 Å². The second-order valence-electron chi connectivity index (χ2n) is 5.74. The molecule has 0 bridgehead atoms. The van der Waals surface area contributed by atoms with Crippen LogP contribution >= 0.6 is 0 Å². The highest BCUT2D eigenvalue weighted by molar-refractivity contribution is 5.79. The van der Waals surface area contributed by atoms with Gasteiger partial charge in [0.2, 0.25) is 5.91 Å². The fraction of sp³-hybridized carbons (Fsp3) is 0.412. The third-order valence-electron chi connectivity index (χ3n) is 3.50. The van der Waals surface area contributed by atoms with Crippen LogP contribution in [-0.4, -0.2) is 28.3 Å². The predicted molar refractivity (Wildman–Crippen MR) is 86.1 cm³/mol. The van der Waals surface area contributed by atoms with E-state index in [0.29, 0.717) is 12.1 Å². The molecule has 7 heteroatoms. The molecule has 0 aliphatic rings. The number of amides is 1. The lowest BCUT2D eigenvalue weighted by Crippen LogP contribution is -2.37. The summed E-state index contributed by atoms with van der Waals surface area (Å²) >= 11 is 0. The molecule has 24 heavy (non-hydrogen) atoms. The number of para-hydroxylation sites is 1. The summed E-state index contributed by atoms with van der Waals surface area (Å²) in [6, 6.07) is 8.12. The zero-order valence-electron chi connectivity index (χ0n) is 13.9. The van der Waals surface area contributed by atoms with Crippen molar-refractivity contribution in [2.45, 2.75) is 46.4 Å². The van der Waals surface area contributed by atoms with E-state index in [1.165, 1.54) is 6.07 Å². The fourth-order valence-corrected chi connectivity index (χ4v) is 2.52. The lowest BCUT2D eigenvalue weighted by molar-refractivity contribution is -0.121. The summed E-state index contributed by atoms with van der Waals surface area (Å²) in [5.41, 5.74) is 2.36. The maximum atomic E-state index is 12.4. The number of carbonyl (C=O) groups excluding carboxylic acids is 1. The predicted octanol–water partition coefficient (Wildman–Crippen LogP) is 2.85. The molecule has 2 aromatic rings. The van der Waals surface area contributed by atoms with Crippen LogP contribution in [-0.2, 0) is 17.8 Å². The summed E-state index contributed by atoms with van der Waals surface area (Å²) in [6.07, 6.45) is -0.0235.